The first-order valence-corrected chi connectivity index (χ1v) is 5.25. The highest BCUT2D eigenvalue weighted by Crippen LogP contribution is 2.18. The number of rotatable bonds is 2. The second-order valence-electron chi connectivity index (χ2n) is 3.71. The summed E-state index contributed by atoms with van der Waals surface area (Å²) >= 11 is 0. The van der Waals surface area contributed by atoms with Gasteiger partial charge in [-0.15, -0.1) is 5.10 Å². The summed E-state index contributed by atoms with van der Waals surface area (Å²) in [7, 11) is 0. The third kappa shape index (κ3) is 1.60. The average molecular weight is 240 g/mol. The van der Waals surface area contributed by atoms with Crippen molar-refractivity contribution in [1.29, 1.82) is 0 Å². The van der Waals surface area contributed by atoms with E-state index >= 15 is 0 Å². The Hall–Kier alpha value is -2.76. The molecular formula is C12H8N4O2. The molecule has 0 radical (unpaired) electrons. The highest BCUT2D eigenvalue weighted by Gasteiger charge is 2.10. The first-order valence-electron chi connectivity index (χ1n) is 5.25. The Morgan fingerprint density at radius 3 is 2.83 bits per heavy atom. The number of hydrogen-bond acceptors (Lipinski definition) is 4. The Labute approximate surface area is 102 Å². The van der Waals surface area contributed by atoms with Crippen LogP contribution >= 0.6 is 0 Å². The fraction of sp³-hybridized carbons (Fsp3) is 0. The van der Waals surface area contributed by atoms with Gasteiger partial charge >= 0.3 is 5.97 Å². The van der Waals surface area contributed by atoms with Crippen molar-refractivity contribution >= 4 is 16.7 Å². The van der Waals surface area contributed by atoms with E-state index in [9.17, 15) is 4.79 Å². The molecule has 0 aliphatic rings. The maximum Gasteiger partial charge on any atom is 0.356 e. The van der Waals surface area contributed by atoms with Gasteiger partial charge in [0, 0.05) is 17.0 Å². The first-order chi connectivity index (χ1) is 8.75. The van der Waals surface area contributed by atoms with E-state index in [-0.39, 0.29) is 5.69 Å². The summed E-state index contributed by atoms with van der Waals surface area (Å²) in [5.41, 5.74) is -0.0234. The van der Waals surface area contributed by atoms with Crippen molar-refractivity contribution in [2.24, 2.45) is 0 Å². The van der Waals surface area contributed by atoms with Crippen LogP contribution in [0.25, 0.3) is 16.6 Å². The second kappa shape index (κ2) is 3.92. The largest absolute Gasteiger partial charge is 0.476 e. The number of fused-ring (bicyclic) bond motifs is 1. The Bertz CT molecular complexity index is 730. The van der Waals surface area contributed by atoms with Crippen LogP contribution in [-0.2, 0) is 0 Å². The van der Waals surface area contributed by atoms with Crippen molar-refractivity contribution in [3.63, 3.8) is 0 Å². The quantitative estimate of drug-likeness (QED) is 0.734. The number of nitrogens with zero attached hydrogens (tertiary/aromatic N) is 4. The molecule has 0 fully saturated rings. The minimum absolute atomic E-state index is 0.0234. The Balaban J connectivity index is 2.21. The van der Waals surface area contributed by atoms with Gasteiger partial charge < -0.3 is 5.11 Å². The summed E-state index contributed by atoms with van der Waals surface area (Å²) in [6.45, 7) is 0. The van der Waals surface area contributed by atoms with Crippen LogP contribution in [0.15, 0.2) is 42.7 Å². The zero-order valence-corrected chi connectivity index (χ0v) is 9.19. The number of carbonyl (C=O) groups is 1. The van der Waals surface area contributed by atoms with Crippen LogP contribution in [0.1, 0.15) is 10.5 Å². The van der Waals surface area contributed by atoms with Gasteiger partial charge in [-0.2, -0.15) is 10.2 Å². The maximum absolute atomic E-state index is 10.8. The lowest BCUT2D eigenvalue weighted by molar-refractivity contribution is 0.0690. The fourth-order valence-electron chi connectivity index (χ4n) is 1.74. The molecule has 0 saturated heterocycles. The molecule has 18 heavy (non-hydrogen) atoms. The van der Waals surface area contributed by atoms with E-state index in [0.717, 1.165) is 10.8 Å². The summed E-state index contributed by atoms with van der Waals surface area (Å²) in [5, 5.41) is 22.5. The van der Waals surface area contributed by atoms with Gasteiger partial charge in [0.05, 0.1) is 6.20 Å². The molecular weight excluding hydrogens is 232 g/mol. The summed E-state index contributed by atoms with van der Waals surface area (Å²) in [6, 6.07) is 9.01. The molecule has 0 atom stereocenters. The van der Waals surface area contributed by atoms with Crippen molar-refractivity contribution in [3.05, 3.63) is 48.4 Å². The van der Waals surface area contributed by atoms with Gasteiger partial charge in [-0.05, 0) is 6.07 Å². The summed E-state index contributed by atoms with van der Waals surface area (Å²) < 4.78 is 1.42. The van der Waals surface area contributed by atoms with Crippen molar-refractivity contribution in [2.75, 3.05) is 0 Å². The standard InChI is InChI=1S/C12H8N4O2/c17-12(18)10-5-6-16(15-10)11-9-4-2-1-3-8(9)7-13-14-11/h1-7H,(H,17,18). The van der Waals surface area contributed by atoms with Gasteiger partial charge in [-0.1, -0.05) is 24.3 Å². The normalized spacial score (nSPS) is 10.7. The van der Waals surface area contributed by atoms with E-state index in [1.54, 1.807) is 12.4 Å². The molecule has 1 aromatic carbocycles. The number of aromatic nitrogens is 4. The third-order valence-corrected chi connectivity index (χ3v) is 2.58. The van der Waals surface area contributed by atoms with Crippen LogP contribution in [0, 0.1) is 0 Å². The van der Waals surface area contributed by atoms with Gasteiger partial charge in [-0.25, -0.2) is 9.48 Å². The van der Waals surface area contributed by atoms with E-state index in [4.69, 9.17) is 5.11 Å². The van der Waals surface area contributed by atoms with Crippen LogP contribution in [0.4, 0.5) is 0 Å². The fourth-order valence-corrected chi connectivity index (χ4v) is 1.74. The molecule has 0 spiro atoms. The molecule has 0 aliphatic heterocycles. The molecule has 3 aromatic rings. The molecule has 88 valence electrons. The lowest BCUT2D eigenvalue weighted by Gasteiger charge is -2.03. The predicted molar refractivity (Wildman–Crippen MR) is 63.6 cm³/mol. The molecule has 0 bridgehead atoms. The Morgan fingerprint density at radius 1 is 1.22 bits per heavy atom. The Morgan fingerprint density at radius 2 is 2.06 bits per heavy atom. The van der Waals surface area contributed by atoms with E-state index in [1.165, 1.54) is 10.7 Å². The molecule has 2 heterocycles. The molecule has 3 rings (SSSR count). The van der Waals surface area contributed by atoms with E-state index in [1.807, 2.05) is 24.3 Å². The number of carboxylic acids is 1. The van der Waals surface area contributed by atoms with Gasteiger partial charge in [-0.3, -0.25) is 0 Å². The van der Waals surface area contributed by atoms with E-state index in [0.29, 0.717) is 5.82 Å². The summed E-state index contributed by atoms with van der Waals surface area (Å²) in [6.07, 6.45) is 3.21. The van der Waals surface area contributed by atoms with Gasteiger partial charge in [0.25, 0.3) is 0 Å². The van der Waals surface area contributed by atoms with Crippen molar-refractivity contribution in [2.45, 2.75) is 0 Å². The predicted octanol–water partition coefficient (Wildman–Crippen LogP) is 1.51. The van der Waals surface area contributed by atoms with Gasteiger partial charge in [0.2, 0.25) is 0 Å². The Kier molecular flexibility index (Phi) is 2.26. The lowest BCUT2D eigenvalue weighted by Crippen LogP contribution is -2.04. The first kappa shape index (κ1) is 10.4. The number of benzene rings is 1. The van der Waals surface area contributed by atoms with Crippen LogP contribution < -0.4 is 0 Å². The third-order valence-electron chi connectivity index (χ3n) is 2.58. The molecule has 6 heteroatoms. The van der Waals surface area contributed by atoms with Crippen LogP contribution in [0.2, 0.25) is 0 Å². The smallest absolute Gasteiger partial charge is 0.356 e. The minimum atomic E-state index is -1.07. The van der Waals surface area contributed by atoms with Crippen molar-refractivity contribution in [1.82, 2.24) is 20.0 Å². The molecule has 0 saturated carbocycles. The summed E-state index contributed by atoms with van der Waals surface area (Å²) in [4.78, 5) is 10.8. The summed E-state index contributed by atoms with van der Waals surface area (Å²) in [5.74, 6) is -0.553. The average Bonchev–Trinajstić information content (AvgIpc) is 2.87. The lowest BCUT2D eigenvalue weighted by atomic mass is 10.2. The molecule has 0 aliphatic carbocycles. The molecule has 0 unspecified atom stereocenters. The van der Waals surface area contributed by atoms with Gasteiger partial charge in [0.15, 0.2) is 11.5 Å². The van der Waals surface area contributed by atoms with Crippen LogP contribution in [0.5, 0.6) is 0 Å². The number of carboxylic acid groups (broad SMARTS) is 1. The monoisotopic (exact) mass is 240 g/mol. The topological polar surface area (TPSA) is 80.9 Å². The molecule has 2 aromatic heterocycles. The van der Waals surface area contributed by atoms with Crippen LogP contribution in [-0.4, -0.2) is 31.1 Å². The highest BCUT2D eigenvalue weighted by atomic mass is 16.4. The van der Waals surface area contributed by atoms with Gasteiger partial charge in [0.1, 0.15) is 0 Å². The molecule has 1 N–H and O–H groups in total. The minimum Gasteiger partial charge on any atom is -0.476 e. The second-order valence-corrected chi connectivity index (χ2v) is 3.71. The van der Waals surface area contributed by atoms with Crippen molar-refractivity contribution < 1.29 is 9.90 Å². The van der Waals surface area contributed by atoms with E-state index in [2.05, 4.69) is 15.3 Å². The number of aromatic carboxylic acids is 1. The highest BCUT2D eigenvalue weighted by molar-refractivity contribution is 5.88. The maximum atomic E-state index is 10.8. The zero-order valence-electron chi connectivity index (χ0n) is 9.19. The molecule has 6 nitrogen and oxygen atoms in total. The van der Waals surface area contributed by atoms with Crippen molar-refractivity contribution in [3.8, 4) is 5.82 Å². The zero-order chi connectivity index (χ0) is 12.5. The number of hydrogen-bond donors (Lipinski definition) is 1. The van der Waals surface area contributed by atoms with Crippen LogP contribution in [0.3, 0.4) is 0 Å². The molecule has 0 amide bonds. The van der Waals surface area contributed by atoms with E-state index < -0.39 is 5.97 Å². The SMILES string of the molecule is O=C(O)c1ccn(-c2nncc3ccccc23)n1.